The van der Waals surface area contributed by atoms with Gasteiger partial charge in [-0.25, -0.2) is 26.8 Å². The lowest BCUT2D eigenvalue weighted by Crippen LogP contribution is -2.56. The van der Waals surface area contributed by atoms with Crippen LogP contribution in [0.2, 0.25) is 10.0 Å². The van der Waals surface area contributed by atoms with Crippen LogP contribution in [0.1, 0.15) is 53.4 Å². The third-order valence-electron chi connectivity index (χ3n) is 8.86. The zero-order valence-corrected chi connectivity index (χ0v) is 30.7. The van der Waals surface area contributed by atoms with Crippen molar-refractivity contribution in [3.8, 4) is 0 Å². The third-order valence-corrected chi connectivity index (χ3v) is 16.0. The van der Waals surface area contributed by atoms with Gasteiger partial charge in [-0.15, -0.1) is 0 Å². The third kappa shape index (κ3) is 7.52. The molecule has 2 aromatic heterocycles. The lowest BCUT2D eigenvalue weighted by molar-refractivity contribution is 0.0702. The summed E-state index contributed by atoms with van der Waals surface area (Å²) in [7, 11) is -11.9. The minimum Gasteiger partial charge on any atom is -0.354 e. The van der Waals surface area contributed by atoms with E-state index in [4.69, 9.17) is 32.2 Å². The first-order valence-electron chi connectivity index (χ1n) is 15.4. The van der Waals surface area contributed by atoms with E-state index in [-0.39, 0.29) is 51.9 Å². The Morgan fingerprint density at radius 3 is 1.24 bits per heavy atom. The molecule has 2 fully saturated rings. The number of nitrogens with zero attached hydrogens (tertiary/aromatic N) is 6. The van der Waals surface area contributed by atoms with Gasteiger partial charge in [0.2, 0.25) is 20.0 Å². The molecule has 4 rings (SSSR count). The van der Waals surface area contributed by atoms with Crippen LogP contribution in [-0.2, 0) is 33.7 Å². The molecule has 13 nitrogen and oxygen atoms in total. The quantitative estimate of drug-likeness (QED) is 0.246. The minimum absolute atomic E-state index is 0.0107. The van der Waals surface area contributed by atoms with E-state index in [1.165, 1.54) is 21.0 Å². The second kappa shape index (κ2) is 15.3. The van der Waals surface area contributed by atoms with E-state index in [1.807, 2.05) is 9.80 Å². The Labute approximate surface area is 283 Å². The van der Waals surface area contributed by atoms with Crippen LogP contribution < -0.4 is 9.80 Å². The van der Waals surface area contributed by atoms with Crippen molar-refractivity contribution in [2.24, 2.45) is 0 Å². The monoisotopic (exact) mass is 740 g/mol. The Morgan fingerprint density at radius 1 is 0.652 bits per heavy atom. The first-order chi connectivity index (χ1) is 21.8. The van der Waals surface area contributed by atoms with Gasteiger partial charge in [-0.05, 0) is 49.9 Å². The van der Waals surface area contributed by atoms with Gasteiger partial charge in [0.1, 0.15) is 11.6 Å². The van der Waals surface area contributed by atoms with Gasteiger partial charge in [-0.1, -0.05) is 50.9 Å². The zero-order chi connectivity index (χ0) is 33.8. The lowest BCUT2D eigenvalue weighted by Gasteiger charge is -2.42. The fourth-order valence-electron chi connectivity index (χ4n) is 5.84. The summed E-state index contributed by atoms with van der Waals surface area (Å²) in [6, 6.07) is 7.01. The molecule has 258 valence electrons. The Bertz CT molecular complexity index is 1430. The number of rotatable bonds is 14. The highest BCUT2D eigenvalue weighted by Gasteiger charge is 2.52. The number of hydrogen-bond donors (Lipinski definition) is 0. The molecular weight excluding hydrogens is 698 g/mol. The summed E-state index contributed by atoms with van der Waals surface area (Å²) >= 11 is 11.9. The highest BCUT2D eigenvalue weighted by Crippen LogP contribution is 2.46. The van der Waals surface area contributed by atoms with Crippen LogP contribution in [0.4, 0.5) is 11.6 Å². The molecule has 0 bridgehead atoms. The summed E-state index contributed by atoms with van der Waals surface area (Å²) in [5.41, 5.74) is 0. The molecule has 2 aliphatic heterocycles. The van der Waals surface area contributed by atoms with Crippen LogP contribution in [0.3, 0.4) is 0 Å². The number of anilines is 2. The topological polar surface area (TPSA) is 143 Å². The van der Waals surface area contributed by atoms with E-state index >= 15 is 0 Å². The molecule has 4 heterocycles. The summed E-state index contributed by atoms with van der Waals surface area (Å²) in [6.07, 6.45) is 3.03. The van der Waals surface area contributed by atoms with Crippen LogP contribution in [0.15, 0.2) is 36.7 Å². The van der Waals surface area contributed by atoms with E-state index < -0.39 is 38.2 Å². The number of pyridine rings is 2. The Balaban J connectivity index is 1.46. The smallest absolute Gasteiger partial charge is 0.322 e. The molecule has 0 radical (unpaired) electrons. The van der Waals surface area contributed by atoms with Crippen LogP contribution in [0, 0.1) is 0 Å². The molecule has 2 aromatic rings. The van der Waals surface area contributed by atoms with Gasteiger partial charge in [0.05, 0.1) is 10.0 Å². The van der Waals surface area contributed by atoms with Gasteiger partial charge < -0.3 is 9.80 Å². The highest BCUT2D eigenvalue weighted by molar-refractivity contribution is 7.91. The van der Waals surface area contributed by atoms with E-state index in [2.05, 4.69) is 9.97 Å². The standard InChI is InChI=1S/C28H43Cl2N6O7PS2/c1-5-27(6-2,45(38,39)35-17-13-33(14-18-35)25-11-9-23(29)21-31-25)42-44(37)43-28(7-3,8-4)46(40,41)36-19-15-34(16-20-36)26-12-10-24(30)22-32-26/h9-12,21-22,44H,5-8,13-20H2,1-4H3. The number of aromatic nitrogens is 2. The predicted octanol–water partition coefficient (Wildman–Crippen LogP) is 4.84. The lowest BCUT2D eigenvalue weighted by atomic mass is 10.2. The first-order valence-corrected chi connectivity index (χ1v) is 20.3. The summed E-state index contributed by atoms with van der Waals surface area (Å²) in [4.78, 5) is 8.83. The predicted molar refractivity (Wildman–Crippen MR) is 182 cm³/mol. The van der Waals surface area contributed by atoms with Crippen molar-refractivity contribution >= 4 is 63.1 Å². The number of piperazine rings is 2. The second-order valence-corrected chi connectivity index (χ2v) is 17.3. The van der Waals surface area contributed by atoms with Crippen LogP contribution in [-0.4, -0.2) is 97.6 Å². The van der Waals surface area contributed by atoms with Crippen molar-refractivity contribution in [2.75, 3.05) is 62.2 Å². The van der Waals surface area contributed by atoms with E-state index in [0.29, 0.717) is 47.9 Å². The summed E-state index contributed by atoms with van der Waals surface area (Å²) < 4.78 is 84.1. The molecule has 0 atom stereocenters. The van der Waals surface area contributed by atoms with Gasteiger partial charge >= 0.3 is 8.25 Å². The number of halogens is 2. The molecule has 0 spiro atoms. The molecule has 0 aliphatic carbocycles. The largest absolute Gasteiger partial charge is 0.354 e. The molecule has 0 amide bonds. The molecule has 0 unspecified atom stereocenters. The SMILES string of the molecule is CCC(CC)(O[PH](=O)OC(CC)(CC)S(=O)(=O)N1CCN(c2ccc(Cl)cn2)CC1)S(=O)(=O)N1CCN(c2ccc(Cl)cn2)CC1. The number of sulfonamides is 2. The summed E-state index contributed by atoms with van der Waals surface area (Å²) in [5.74, 6) is 1.38. The Morgan fingerprint density at radius 2 is 0.978 bits per heavy atom. The normalized spacial score (nSPS) is 18.0. The molecule has 0 aromatic carbocycles. The van der Waals surface area contributed by atoms with Gasteiger partial charge in [-0.3, -0.25) is 13.6 Å². The fraction of sp³-hybridized carbons (Fsp3) is 0.643. The average molecular weight is 742 g/mol. The molecule has 0 saturated carbocycles. The number of hydrogen-bond acceptors (Lipinski definition) is 11. The second-order valence-electron chi connectivity index (χ2n) is 11.1. The first kappa shape index (κ1) is 37.3. The van der Waals surface area contributed by atoms with E-state index in [9.17, 15) is 21.4 Å². The maximum Gasteiger partial charge on any atom is 0.322 e. The molecule has 2 saturated heterocycles. The highest BCUT2D eigenvalue weighted by atomic mass is 35.5. The van der Waals surface area contributed by atoms with Crippen molar-refractivity contribution in [1.29, 1.82) is 0 Å². The van der Waals surface area contributed by atoms with Crippen LogP contribution >= 0.6 is 31.5 Å². The van der Waals surface area contributed by atoms with Crippen molar-refractivity contribution in [2.45, 2.75) is 63.2 Å². The van der Waals surface area contributed by atoms with Gasteiger partial charge in [-0.2, -0.15) is 8.61 Å². The van der Waals surface area contributed by atoms with Gasteiger partial charge in [0, 0.05) is 64.8 Å². The maximum absolute atomic E-state index is 14.0. The molecule has 18 heteroatoms. The van der Waals surface area contributed by atoms with Gasteiger partial charge in [0.25, 0.3) is 0 Å². The summed E-state index contributed by atoms with van der Waals surface area (Å²) in [5, 5.41) is 1.01. The van der Waals surface area contributed by atoms with Crippen molar-refractivity contribution in [3.63, 3.8) is 0 Å². The Hall–Kier alpha value is -1.55. The Kier molecular flexibility index (Phi) is 12.4. The van der Waals surface area contributed by atoms with E-state index in [1.54, 1.807) is 52.0 Å². The fourth-order valence-corrected chi connectivity index (χ4v) is 12.2. The van der Waals surface area contributed by atoms with Gasteiger partial charge in [0.15, 0.2) is 9.87 Å². The molecule has 46 heavy (non-hydrogen) atoms. The maximum atomic E-state index is 14.0. The zero-order valence-electron chi connectivity index (χ0n) is 26.6. The van der Waals surface area contributed by atoms with Crippen molar-refractivity contribution in [3.05, 3.63) is 46.7 Å². The van der Waals surface area contributed by atoms with Crippen molar-refractivity contribution in [1.82, 2.24) is 18.6 Å². The van der Waals surface area contributed by atoms with Crippen LogP contribution in [0.25, 0.3) is 0 Å². The van der Waals surface area contributed by atoms with Crippen LogP contribution in [0.5, 0.6) is 0 Å². The average Bonchev–Trinajstić information content (AvgIpc) is 3.06. The molecule has 2 aliphatic rings. The van der Waals surface area contributed by atoms with Crippen molar-refractivity contribution < 1.29 is 30.4 Å². The molecular formula is C28H43Cl2N6O7PS2. The van der Waals surface area contributed by atoms with E-state index in [0.717, 1.165) is 0 Å². The minimum atomic E-state index is -4.14. The summed E-state index contributed by atoms with van der Waals surface area (Å²) in [6.45, 7) is 8.78. The molecule has 0 N–H and O–H groups in total.